The molecule has 1 aromatic heterocycles. The van der Waals surface area contributed by atoms with Gasteiger partial charge in [-0.25, -0.2) is 0 Å². The summed E-state index contributed by atoms with van der Waals surface area (Å²) in [5.74, 6) is 1.57. The zero-order valence-electron chi connectivity index (χ0n) is 10.9. The minimum Gasteiger partial charge on any atom is -0.398 e. The van der Waals surface area contributed by atoms with E-state index in [1.807, 2.05) is 54.0 Å². The Balaban J connectivity index is 2.18. The third-order valence-corrected chi connectivity index (χ3v) is 3.44. The van der Waals surface area contributed by atoms with Crippen LogP contribution >= 0.6 is 11.6 Å². The summed E-state index contributed by atoms with van der Waals surface area (Å²) in [6.07, 6.45) is 0. The molecule has 0 aliphatic heterocycles. The normalized spacial score (nSPS) is 10.7. The number of aromatic nitrogens is 3. The summed E-state index contributed by atoms with van der Waals surface area (Å²) < 4.78 is 1.99. The third-order valence-electron chi connectivity index (χ3n) is 3.09. The van der Waals surface area contributed by atoms with E-state index >= 15 is 0 Å². The summed E-state index contributed by atoms with van der Waals surface area (Å²) >= 11 is 5.96. The maximum absolute atomic E-state index is 5.96. The number of hydrogen-bond donors (Lipinski definition) is 1. The van der Waals surface area contributed by atoms with Gasteiger partial charge in [0.1, 0.15) is 5.82 Å². The molecular weight excluding hydrogens is 272 g/mol. The number of benzene rings is 2. The fourth-order valence-electron chi connectivity index (χ4n) is 2.12. The van der Waals surface area contributed by atoms with Crippen molar-refractivity contribution in [3.63, 3.8) is 0 Å². The fraction of sp³-hybridized carbons (Fsp3) is 0.0667. The number of para-hydroxylation sites is 1. The Bertz CT molecular complexity index is 750. The zero-order chi connectivity index (χ0) is 14.1. The number of hydrogen-bond acceptors (Lipinski definition) is 3. The van der Waals surface area contributed by atoms with Crippen LogP contribution in [0.25, 0.3) is 17.1 Å². The molecule has 0 atom stereocenters. The van der Waals surface area contributed by atoms with E-state index < -0.39 is 0 Å². The highest BCUT2D eigenvalue weighted by Crippen LogP contribution is 2.27. The van der Waals surface area contributed by atoms with Crippen LogP contribution in [0.4, 0.5) is 5.69 Å². The van der Waals surface area contributed by atoms with Crippen LogP contribution in [-0.2, 0) is 0 Å². The summed E-state index contributed by atoms with van der Waals surface area (Å²) in [6, 6.07) is 15.4. The molecule has 20 heavy (non-hydrogen) atoms. The second kappa shape index (κ2) is 4.98. The van der Waals surface area contributed by atoms with E-state index in [0.29, 0.717) is 10.7 Å². The van der Waals surface area contributed by atoms with E-state index in [2.05, 4.69) is 10.2 Å². The lowest BCUT2D eigenvalue weighted by atomic mass is 10.2. The van der Waals surface area contributed by atoms with Crippen LogP contribution in [0, 0.1) is 6.92 Å². The lowest BCUT2D eigenvalue weighted by molar-refractivity contribution is 0.972. The second-order valence-corrected chi connectivity index (χ2v) is 4.89. The molecule has 0 spiro atoms. The van der Waals surface area contributed by atoms with Gasteiger partial charge < -0.3 is 5.73 Å². The zero-order valence-corrected chi connectivity index (χ0v) is 11.7. The highest BCUT2D eigenvalue weighted by molar-refractivity contribution is 6.33. The second-order valence-electron chi connectivity index (χ2n) is 4.48. The summed E-state index contributed by atoms with van der Waals surface area (Å²) in [4.78, 5) is 0. The van der Waals surface area contributed by atoms with Crippen molar-refractivity contribution in [3.05, 3.63) is 59.4 Å². The Kier molecular flexibility index (Phi) is 3.16. The number of aryl methyl sites for hydroxylation is 1. The molecule has 0 aliphatic carbocycles. The van der Waals surface area contributed by atoms with E-state index in [0.717, 1.165) is 22.9 Å². The maximum Gasteiger partial charge on any atom is 0.168 e. The SMILES string of the molecule is Cc1nnc(-c2ccc(Cl)c(N)c2)n1-c1ccccc1. The average Bonchev–Trinajstić information content (AvgIpc) is 2.85. The number of nitrogens with two attached hydrogens (primary N) is 1. The van der Waals surface area contributed by atoms with Crippen molar-refractivity contribution in [2.24, 2.45) is 0 Å². The van der Waals surface area contributed by atoms with Gasteiger partial charge in [-0.2, -0.15) is 0 Å². The van der Waals surface area contributed by atoms with Crippen molar-refractivity contribution in [3.8, 4) is 17.1 Å². The van der Waals surface area contributed by atoms with Crippen LogP contribution < -0.4 is 5.73 Å². The van der Waals surface area contributed by atoms with E-state index in [9.17, 15) is 0 Å². The molecule has 0 saturated heterocycles. The summed E-state index contributed by atoms with van der Waals surface area (Å²) in [6.45, 7) is 1.92. The summed E-state index contributed by atoms with van der Waals surface area (Å²) in [5.41, 5.74) is 8.29. The first-order valence-electron chi connectivity index (χ1n) is 6.19. The van der Waals surface area contributed by atoms with Gasteiger partial charge in [0.2, 0.25) is 0 Å². The van der Waals surface area contributed by atoms with Crippen LogP contribution in [0.3, 0.4) is 0 Å². The lowest BCUT2D eigenvalue weighted by Gasteiger charge is -2.09. The molecule has 2 aromatic carbocycles. The van der Waals surface area contributed by atoms with Crippen LogP contribution in [-0.4, -0.2) is 14.8 Å². The van der Waals surface area contributed by atoms with Crippen molar-refractivity contribution >= 4 is 17.3 Å². The van der Waals surface area contributed by atoms with Crippen LogP contribution in [0.2, 0.25) is 5.02 Å². The third kappa shape index (κ3) is 2.14. The summed E-state index contributed by atoms with van der Waals surface area (Å²) in [7, 11) is 0. The van der Waals surface area contributed by atoms with Crippen LogP contribution in [0.15, 0.2) is 48.5 Å². The minimum atomic E-state index is 0.532. The molecular formula is C15H13ClN4. The average molecular weight is 285 g/mol. The molecule has 100 valence electrons. The molecule has 0 unspecified atom stereocenters. The summed E-state index contributed by atoms with van der Waals surface area (Å²) in [5, 5.41) is 8.95. The molecule has 0 amide bonds. The highest BCUT2D eigenvalue weighted by atomic mass is 35.5. The van der Waals surface area contributed by atoms with Gasteiger partial charge in [-0.1, -0.05) is 29.8 Å². The molecule has 4 nitrogen and oxygen atoms in total. The molecule has 0 saturated carbocycles. The quantitative estimate of drug-likeness (QED) is 0.733. The van der Waals surface area contributed by atoms with Crippen LogP contribution in [0.1, 0.15) is 5.82 Å². The smallest absolute Gasteiger partial charge is 0.168 e. The Morgan fingerprint density at radius 2 is 1.80 bits per heavy atom. The highest BCUT2D eigenvalue weighted by Gasteiger charge is 2.13. The van der Waals surface area contributed by atoms with Gasteiger partial charge >= 0.3 is 0 Å². The topological polar surface area (TPSA) is 56.7 Å². The van der Waals surface area contributed by atoms with Crippen LogP contribution in [0.5, 0.6) is 0 Å². The largest absolute Gasteiger partial charge is 0.398 e. The predicted molar refractivity (Wildman–Crippen MR) is 81.0 cm³/mol. The molecule has 3 rings (SSSR count). The van der Waals surface area contributed by atoms with Gasteiger partial charge in [-0.05, 0) is 37.3 Å². The number of nitrogen functional groups attached to an aromatic ring is 1. The lowest BCUT2D eigenvalue weighted by Crippen LogP contribution is -2.00. The first-order valence-corrected chi connectivity index (χ1v) is 6.57. The van der Waals surface area contributed by atoms with Gasteiger partial charge in [0.15, 0.2) is 5.82 Å². The minimum absolute atomic E-state index is 0.532. The van der Waals surface area contributed by atoms with Gasteiger partial charge in [0.05, 0.1) is 10.7 Å². The van der Waals surface area contributed by atoms with Gasteiger partial charge in [-0.15, -0.1) is 10.2 Å². The van der Waals surface area contributed by atoms with E-state index in [1.165, 1.54) is 0 Å². The first-order chi connectivity index (χ1) is 9.66. The molecule has 0 aliphatic rings. The number of nitrogens with zero attached hydrogens (tertiary/aromatic N) is 3. The Labute approximate surface area is 121 Å². The van der Waals surface area contributed by atoms with E-state index in [4.69, 9.17) is 17.3 Å². The Morgan fingerprint density at radius 1 is 1.05 bits per heavy atom. The molecule has 3 aromatic rings. The standard InChI is InChI=1S/C15H13ClN4/c1-10-18-19-15(11-7-8-13(16)14(17)9-11)20(10)12-5-3-2-4-6-12/h2-9H,17H2,1H3. The number of halogens is 1. The molecule has 0 fully saturated rings. The molecule has 0 bridgehead atoms. The van der Waals surface area contributed by atoms with E-state index in [-0.39, 0.29) is 0 Å². The Hall–Kier alpha value is -2.33. The van der Waals surface area contributed by atoms with Gasteiger partial charge in [0.25, 0.3) is 0 Å². The van der Waals surface area contributed by atoms with E-state index in [1.54, 1.807) is 6.07 Å². The van der Waals surface area contributed by atoms with Crippen molar-refractivity contribution in [1.82, 2.24) is 14.8 Å². The van der Waals surface area contributed by atoms with Crippen molar-refractivity contribution in [1.29, 1.82) is 0 Å². The van der Waals surface area contributed by atoms with Crippen molar-refractivity contribution in [2.45, 2.75) is 6.92 Å². The first kappa shape index (κ1) is 12.7. The number of rotatable bonds is 2. The number of anilines is 1. The van der Waals surface area contributed by atoms with Gasteiger partial charge in [-0.3, -0.25) is 4.57 Å². The van der Waals surface area contributed by atoms with Gasteiger partial charge in [0, 0.05) is 11.3 Å². The monoisotopic (exact) mass is 284 g/mol. The molecule has 0 radical (unpaired) electrons. The molecule has 1 heterocycles. The van der Waals surface area contributed by atoms with Crippen molar-refractivity contribution < 1.29 is 0 Å². The molecule has 5 heteroatoms. The predicted octanol–water partition coefficient (Wildman–Crippen LogP) is 3.48. The maximum atomic E-state index is 5.96. The fourth-order valence-corrected chi connectivity index (χ4v) is 2.24. The Morgan fingerprint density at radius 3 is 2.50 bits per heavy atom. The molecule has 2 N–H and O–H groups in total. The van der Waals surface area contributed by atoms with Crippen molar-refractivity contribution in [2.75, 3.05) is 5.73 Å².